The summed E-state index contributed by atoms with van der Waals surface area (Å²) in [6.07, 6.45) is -0.382. The van der Waals surface area contributed by atoms with Crippen LogP contribution in [0.25, 0.3) is 0 Å². The van der Waals surface area contributed by atoms with Gasteiger partial charge in [-0.2, -0.15) is 0 Å². The highest BCUT2D eigenvalue weighted by Gasteiger charge is 2.15. The summed E-state index contributed by atoms with van der Waals surface area (Å²) < 4.78 is 10.9. The van der Waals surface area contributed by atoms with Crippen LogP contribution in [-0.4, -0.2) is 18.3 Å². The summed E-state index contributed by atoms with van der Waals surface area (Å²) in [5, 5.41) is 9.57. The van der Waals surface area contributed by atoms with Crippen molar-refractivity contribution in [2.45, 2.75) is 27.1 Å². The molecule has 3 heteroatoms. The standard InChI is InChI=1S/C12H18O3/c1-4-14-12(15-5-2)10-7-6-8-11(13)9(10)3/h6-8,12-13H,4-5H2,1-3H3. The van der Waals surface area contributed by atoms with E-state index in [1.165, 1.54) is 0 Å². The molecule has 3 nitrogen and oxygen atoms in total. The molecule has 0 aliphatic rings. The third-order valence-electron chi connectivity index (χ3n) is 2.24. The minimum Gasteiger partial charge on any atom is -0.508 e. The van der Waals surface area contributed by atoms with Crippen LogP contribution >= 0.6 is 0 Å². The second-order valence-corrected chi connectivity index (χ2v) is 3.23. The predicted octanol–water partition coefficient (Wildman–Crippen LogP) is 2.77. The first-order valence-corrected chi connectivity index (χ1v) is 5.22. The van der Waals surface area contributed by atoms with Gasteiger partial charge in [0.1, 0.15) is 5.75 Å². The van der Waals surface area contributed by atoms with Crippen molar-refractivity contribution < 1.29 is 14.6 Å². The summed E-state index contributed by atoms with van der Waals surface area (Å²) in [5.74, 6) is 0.275. The summed E-state index contributed by atoms with van der Waals surface area (Å²) in [4.78, 5) is 0. The van der Waals surface area contributed by atoms with Crippen LogP contribution in [0.5, 0.6) is 5.75 Å². The summed E-state index contributed by atoms with van der Waals surface area (Å²) in [6.45, 7) is 6.86. The molecule has 84 valence electrons. The number of aromatic hydroxyl groups is 1. The van der Waals surface area contributed by atoms with Gasteiger partial charge in [-0.3, -0.25) is 0 Å². The van der Waals surface area contributed by atoms with E-state index in [4.69, 9.17) is 9.47 Å². The highest BCUT2D eigenvalue weighted by Crippen LogP contribution is 2.27. The second-order valence-electron chi connectivity index (χ2n) is 3.23. The molecule has 1 N–H and O–H groups in total. The Morgan fingerprint density at radius 3 is 2.33 bits per heavy atom. The topological polar surface area (TPSA) is 38.7 Å². The van der Waals surface area contributed by atoms with E-state index >= 15 is 0 Å². The first kappa shape index (κ1) is 12.0. The average molecular weight is 210 g/mol. The molecule has 0 aliphatic heterocycles. The Morgan fingerprint density at radius 2 is 1.80 bits per heavy atom. The van der Waals surface area contributed by atoms with E-state index in [9.17, 15) is 5.11 Å². The molecule has 0 amide bonds. The molecule has 0 saturated carbocycles. The molecule has 0 saturated heterocycles. The van der Waals surface area contributed by atoms with Gasteiger partial charge in [-0.05, 0) is 32.4 Å². The molecule has 0 bridgehead atoms. The first-order chi connectivity index (χ1) is 7.20. The molecule has 0 spiro atoms. The van der Waals surface area contributed by atoms with Gasteiger partial charge in [0.15, 0.2) is 6.29 Å². The Kier molecular flexibility index (Phi) is 4.59. The van der Waals surface area contributed by atoms with Crippen LogP contribution in [0.15, 0.2) is 18.2 Å². The lowest BCUT2D eigenvalue weighted by Gasteiger charge is -2.19. The molecular weight excluding hydrogens is 192 g/mol. The highest BCUT2D eigenvalue weighted by molar-refractivity contribution is 5.38. The van der Waals surface area contributed by atoms with Crippen LogP contribution in [0.3, 0.4) is 0 Å². The Labute approximate surface area is 90.6 Å². The smallest absolute Gasteiger partial charge is 0.184 e. The van der Waals surface area contributed by atoms with Crippen molar-refractivity contribution in [3.05, 3.63) is 29.3 Å². The van der Waals surface area contributed by atoms with Gasteiger partial charge >= 0.3 is 0 Å². The zero-order chi connectivity index (χ0) is 11.3. The fraction of sp³-hybridized carbons (Fsp3) is 0.500. The van der Waals surface area contributed by atoms with Crippen molar-refractivity contribution in [2.75, 3.05) is 13.2 Å². The molecule has 15 heavy (non-hydrogen) atoms. The largest absolute Gasteiger partial charge is 0.508 e. The number of hydrogen-bond donors (Lipinski definition) is 1. The maximum absolute atomic E-state index is 9.57. The molecule has 0 aliphatic carbocycles. The lowest BCUT2D eigenvalue weighted by atomic mass is 10.1. The zero-order valence-electron chi connectivity index (χ0n) is 9.49. The van der Waals surface area contributed by atoms with Crippen LogP contribution in [0.4, 0.5) is 0 Å². The predicted molar refractivity (Wildman–Crippen MR) is 58.8 cm³/mol. The van der Waals surface area contributed by atoms with Crippen molar-refractivity contribution in [1.82, 2.24) is 0 Å². The Balaban J connectivity index is 2.94. The molecule has 0 fully saturated rings. The number of rotatable bonds is 5. The minimum atomic E-state index is -0.382. The van der Waals surface area contributed by atoms with E-state index in [0.717, 1.165) is 11.1 Å². The summed E-state index contributed by atoms with van der Waals surface area (Å²) in [5.41, 5.74) is 1.70. The van der Waals surface area contributed by atoms with E-state index in [1.54, 1.807) is 12.1 Å². The van der Waals surface area contributed by atoms with E-state index in [0.29, 0.717) is 13.2 Å². The van der Waals surface area contributed by atoms with Gasteiger partial charge in [-0.1, -0.05) is 12.1 Å². The molecule has 0 unspecified atom stereocenters. The number of ether oxygens (including phenoxy) is 2. The van der Waals surface area contributed by atoms with E-state index < -0.39 is 0 Å². The number of hydrogen-bond acceptors (Lipinski definition) is 3. The fourth-order valence-electron chi connectivity index (χ4n) is 1.43. The molecule has 0 atom stereocenters. The summed E-state index contributed by atoms with van der Waals surface area (Å²) >= 11 is 0. The first-order valence-electron chi connectivity index (χ1n) is 5.22. The van der Waals surface area contributed by atoms with Crippen molar-refractivity contribution in [3.63, 3.8) is 0 Å². The third-order valence-corrected chi connectivity index (χ3v) is 2.24. The number of phenolic OH excluding ortho intramolecular Hbond substituents is 1. The normalized spacial score (nSPS) is 10.9. The van der Waals surface area contributed by atoms with Crippen LogP contribution in [-0.2, 0) is 9.47 Å². The Morgan fingerprint density at radius 1 is 1.20 bits per heavy atom. The Bertz CT molecular complexity index is 304. The van der Waals surface area contributed by atoms with Crippen LogP contribution in [0.1, 0.15) is 31.3 Å². The SMILES string of the molecule is CCOC(OCC)c1cccc(O)c1C. The molecule has 0 radical (unpaired) electrons. The minimum absolute atomic E-state index is 0.275. The maximum Gasteiger partial charge on any atom is 0.184 e. The van der Waals surface area contributed by atoms with Crippen LogP contribution in [0.2, 0.25) is 0 Å². The van der Waals surface area contributed by atoms with Gasteiger partial charge in [-0.15, -0.1) is 0 Å². The van der Waals surface area contributed by atoms with Gasteiger partial charge in [0, 0.05) is 18.8 Å². The van der Waals surface area contributed by atoms with Crippen molar-refractivity contribution in [1.29, 1.82) is 0 Å². The van der Waals surface area contributed by atoms with Gasteiger partial charge < -0.3 is 14.6 Å². The molecular formula is C12H18O3. The van der Waals surface area contributed by atoms with E-state index in [-0.39, 0.29) is 12.0 Å². The summed E-state index contributed by atoms with van der Waals surface area (Å²) in [7, 11) is 0. The van der Waals surface area contributed by atoms with Crippen molar-refractivity contribution in [3.8, 4) is 5.75 Å². The molecule has 0 aromatic heterocycles. The fourth-order valence-corrected chi connectivity index (χ4v) is 1.43. The third kappa shape index (κ3) is 2.94. The van der Waals surface area contributed by atoms with Gasteiger partial charge in [0.05, 0.1) is 0 Å². The molecule has 1 aromatic rings. The second kappa shape index (κ2) is 5.73. The van der Waals surface area contributed by atoms with Gasteiger partial charge in [-0.25, -0.2) is 0 Å². The lowest BCUT2D eigenvalue weighted by molar-refractivity contribution is -0.140. The quantitative estimate of drug-likeness (QED) is 0.759. The Hall–Kier alpha value is -1.06. The lowest BCUT2D eigenvalue weighted by Crippen LogP contribution is -2.10. The summed E-state index contributed by atoms with van der Waals surface area (Å²) in [6, 6.07) is 5.36. The van der Waals surface area contributed by atoms with Crippen molar-refractivity contribution >= 4 is 0 Å². The zero-order valence-corrected chi connectivity index (χ0v) is 9.49. The molecule has 0 heterocycles. The monoisotopic (exact) mass is 210 g/mol. The number of benzene rings is 1. The average Bonchev–Trinajstić information content (AvgIpc) is 2.22. The molecule has 1 rings (SSSR count). The van der Waals surface area contributed by atoms with Crippen LogP contribution < -0.4 is 0 Å². The van der Waals surface area contributed by atoms with E-state index in [2.05, 4.69) is 0 Å². The maximum atomic E-state index is 9.57. The number of phenols is 1. The van der Waals surface area contributed by atoms with Crippen molar-refractivity contribution in [2.24, 2.45) is 0 Å². The highest BCUT2D eigenvalue weighted by atomic mass is 16.7. The van der Waals surface area contributed by atoms with E-state index in [1.807, 2.05) is 26.8 Å². The van der Waals surface area contributed by atoms with Gasteiger partial charge in [0.25, 0.3) is 0 Å². The van der Waals surface area contributed by atoms with Crippen LogP contribution in [0, 0.1) is 6.92 Å². The molecule has 1 aromatic carbocycles. The van der Waals surface area contributed by atoms with Gasteiger partial charge in [0.2, 0.25) is 0 Å².